The van der Waals surface area contributed by atoms with Crippen LogP contribution in [0.25, 0.3) is 0 Å². The summed E-state index contributed by atoms with van der Waals surface area (Å²) in [6, 6.07) is 3.97. The average molecular weight is 315 g/mol. The van der Waals surface area contributed by atoms with Crippen molar-refractivity contribution in [2.45, 2.75) is 40.3 Å². The molecule has 0 aliphatic carbocycles. The molecular formula is C17H25N5O. The molecule has 0 saturated carbocycles. The molecule has 124 valence electrons. The molecule has 2 heterocycles. The van der Waals surface area contributed by atoms with Crippen molar-refractivity contribution < 1.29 is 4.79 Å². The van der Waals surface area contributed by atoms with E-state index >= 15 is 0 Å². The SMILES string of the molecule is Cc1cc(C)nc(CN(C)C(=O)NCCCn2ccnc2C)c1. The van der Waals surface area contributed by atoms with Crippen LogP contribution in [0.3, 0.4) is 0 Å². The topological polar surface area (TPSA) is 63.1 Å². The van der Waals surface area contributed by atoms with Crippen LogP contribution in [0, 0.1) is 20.8 Å². The second-order valence-corrected chi connectivity index (χ2v) is 5.89. The van der Waals surface area contributed by atoms with Gasteiger partial charge in [0.05, 0.1) is 12.2 Å². The Kier molecular flexibility index (Phi) is 5.73. The monoisotopic (exact) mass is 315 g/mol. The third kappa shape index (κ3) is 5.09. The molecule has 0 fully saturated rings. The largest absolute Gasteiger partial charge is 0.338 e. The number of urea groups is 1. The Morgan fingerprint density at radius 2 is 2.09 bits per heavy atom. The Bertz CT molecular complexity index is 645. The molecule has 6 nitrogen and oxygen atoms in total. The first-order valence-corrected chi connectivity index (χ1v) is 7.86. The Morgan fingerprint density at radius 3 is 2.74 bits per heavy atom. The molecule has 2 rings (SSSR count). The molecular weight excluding hydrogens is 290 g/mol. The average Bonchev–Trinajstić information content (AvgIpc) is 2.87. The van der Waals surface area contributed by atoms with Gasteiger partial charge in [-0.25, -0.2) is 9.78 Å². The molecule has 0 atom stereocenters. The van der Waals surface area contributed by atoms with Crippen LogP contribution in [0.2, 0.25) is 0 Å². The minimum absolute atomic E-state index is 0.0756. The first-order chi connectivity index (χ1) is 11.0. The van der Waals surface area contributed by atoms with Gasteiger partial charge >= 0.3 is 6.03 Å². The quantitative estimate of drug-likeness (QED) is 0.833. The maximum atomic E-state index is 12.1. The Labute approximate surface area is 137 Å². The smallest absolute Gasteiger partial charge is 0.317 e. The van der Waals surface area contributed by atoms with Gasteiger partial charge in [-0.2, -0.15) is 0 Å². The molecule has 1 N–H and O–H groups in total. The zero-order valence-corrected chi connectivity index (χ0v) is 14.3. The summed E-state index contributed by atoms with van der Waals surface area (Å²) in [5, 5.41) is 2.94. The number of carbonyl (C=O) groups excluding carboxylic acids is 1. The van der Waals surface area contributed by atoms with Crippen molar-refractivity contribution >= 4 is 6.03 Å². The van der Waals surface area contributed by atoms with Crippen LogP contribution >= 0.6 is 0 Å². The van der Waals surface area contributed by atoms with E-state index < -0.39 is 0 Å². The van der Waals surface area contributed by atoms with Crippen LogP contribution < -0.4 is 5.32 Å². The van der Waals surface area contributed by atoms with Crippen LogP contribution in [-0.4, -0.2) is 39.1 Å². The Balaban J connectivity index is 1.75. The number of hydrogen-bond acceptors (Lipinski definition) is 3. The molecule has 2 aromatic heterocycles. The summed E-state index contributed by atoms with van der Waals surface area (Å²) in [6.45, 7) is 7.98. The van der Waals surface area contributed by atoms with Gasteiger partial charge in [0, 0.05) is 38.2 Å². The van der Waals surface area contributed by atoms with Gasteiger partial charge < -0.3 is 14.8 Å². The molecule has 0 unspecified atom stereocenters. The number of imidazole rings is 1. The van der Waals surface area contributed by atoms with E-state index in [0.717, 1.165) is 35.7 Å². The molecule has 0 saturated heterocycles. The normalized spacial score (nSPS) is 10.6. The molecule has 0 bridgehead atoms. The van der Waals surface area contributed by atoms with E-state index in [-0.39, 0.29) is 6.03 Å². The Morgan fingerprint density at radius 1 is 1.30 bits per heavy atom. The van der Waals surface area contributed by atoms with E-state index in [2.05, 4.69) is 19.9 Å². The third-order valence-corrected chi connectivity index (χ3v) is 3.67. The molecule has 2 aromatic rings. The van der Waals surface area contributed by atoms with Crippen LogP contribution in [-0.2, 0) is 13.1 Å². The van der Waals surface area contributed by atoms with Gasteiger partial charge in [0.15, 0.2) is 0 Å². The van der Waals surface area contributed by atoms with Crippen LogP contribution in [0.1, 0.15) is 29.2 Å². The van der Waals surface area contributed by atoms with Crippen molar-refractivity contribution in [2.75, 3.05) is 13.6 Å². The van der Waals surface area contributed by atoms with Crippen molar-refractivity contribution in [2.24, 2.45) is 0 Å². The van der Waals surface area contributed by atoms with E-state index in [1.165, 1.54) is 0 Å². The van der Waals surface area contributed by atoms with Crippen LogP contribution in [0.5, 0.6) is 0 Å². The number of hydrogen-bond donors (Lipinski definition) is 1. The number of nitrogens with one attached hydrogen (secondary N) is 1. The van der Waals surface area contributed by atoms with Crippen molar-refractivity contribution in [3.8, 4) is 0 Å². The molecule has 0 spiro atoms. The van der Waals surface area contributed by atoms with Crippen molar-refractivity contribution in [1.29, 1.82) is 0 Å². The van der Waals surface area contributed by atoms with Gasteiger partial charge in [-0.15, -0.1) is 0 Å². The summed E-state index contributed by atoms with van der Waals surface area (Å²) < 4.78 is 2.08. The lowest BCUT2D eigenvalue weighted by Gasteiger charge is -2.18. The van der Waals surface area contributed by atoms with Gasteiger partial charge in [0.1, 0.15) is 5.82 Å². The van der Waals surface area contributed by atoms with Crippen molar-refractivity contribution in [1.82, 2.24) is 24.8 Å². The van der Waals surface area contributed by atoms with Gasteiger partial charge in [-0.1, -0.05) is 0 Å². The summed E-state index contributed by atoms with van der Waals surface area (Å²) in [6.07, 6.45) is 4.62. The summed E-state index contributed by atoms with van der Waals surface area (Å²) in [7, 11) is 1.79. The summed E-state index contributed by atoms with van der Waals surface area (Å²) >= 11 is 0. The number of rotatable bonds is 6. The summed E-state index contributed by atoms with van der Waals surface area (Å²) in [5.74, 6) is 0.995. The lowest BCUT2D eigenvalue weighted by Crippen LogP contribution is -2.37. The molecule has 0 aliphatic rings. The lowest BCUT2D eigenvalue weighted by molar-refractivity contribution is 0.206. The molecule has 2 amide bonds. The fourth-order valence-corrected chi connectivity index (χ4v) is 2.54. The molecule has 0 radical (unpaired) electrons. The molecule has 23 heavy (non-hydrogen) atoms. The van der Waals surface area contributed by atoms with Gasteiger partial charge in [-0.3, -0.25) is 4.98 Å². The van der Waals surface area contributed by atoms with E-state index in [0.29, 0.717) is 13.1 Å². The van der Waals surface area contributed by atoms with Gasteiger partial charge in [0.25, 0.3) is 0 Å². The van der Waals surface area contributed by atoms with E-state index in [1.54, 1.807) is 18.1 Å². The molecule has 0 aromatic carbocycles. The highest BCUT2D eigenvalue weighted by Crippen LogP contribution is 2.06. The van der Waals surface area contributed by atoms with Crippen LogP contribution in [0.15, 0.2) is 24.5 Å². The van der Waals surface area contributed by atoms with E-state index in [1.807, 2.05) is 39.1 Å². The fraction of sp³-hybridized carbons (Fsp3) is 0.471. The zero-order chi connectivity index (χ0) is 16.8. The second-order valence-electron chi connectivity index (χ2n) is 5.89. The summed E-state index contributed by atoms with van der Waals surface area (Å²) in [4.78, 5) is 22.4. The maximum Gasteiger partial charge on any atom is 0.317 e. The molecule has 6 heteroatoms. The highest BCUT2D eigenvalue weighted by molar-refractivity contribution is 5.73. The summed E-state index contributed by atoms with van der Waals surface area (Å²) in [5.41, 5.74) is 3.05. The number of pyridine rings is 1. The van der Waals surface area contributed by atoms with Crippen molar-refractivity contribution in [3.05, 3.63) is 47.3 Å². The maximum absolute atomic E-state index is 12.1. The van der Waals surface area contributed by atoms with Gasteiger partial charge in [-0.05, 0) is 44.9 Å². The van der Waals surface area contributed by atoms with Crippen molar-refractivity contribution in [3.63, 3.8) is 0 Å². The number of carbonyl (C=O) groups is 1. The number of aryl methyl sites for hydroxylation is 4. The highest BCUT2D eigenvalue weighted by atomic mass is 16.2. The molecule has 0 aliphatic heterocycles. The standard InChI is InChI=1S/C17H25N5O/c1-13-10-14(2)20-16(11-13)12-21(4)17(23)19-6-5-8-22-9-7-18-15(22)3/h7,9-11H,5-6,8,12H2,1-4H3,(H,19,23). The lowest BCUT2D eigenvalue weighted by atomic mass is 10.2. The number of amides is 2. The minimum atomic E-state index is -0.0756. The zero-order valence-electron chi connectivity index (χ0n) is 14.3. The first-order valence-electron chi connectivity index (χ1n) is 7.86. The second kappa shape index (κ2) is 7.76. The third-order valence-electron chi connectivity index (χ3n) is 3.67. The first kappa shape index (κ1) is 17.0. The predicted molar refractivity (Wildman–Crippen MR) is 90.2 cm³/mol. The predicted octanol–water partition coefficient (Wildman–Crippen LogP) is 2.44. The minimum Gasteiger partial charge on any atom is -0.338 e. The van der Waals surface area contributed by atoms with Crippen LogP contribution in [0.4, 0.5) is 4.79 Å². The number of nitrogens with zero attached hydrogens (tertiary/aromatic N) is 4. The van der Waals surface area contributed by atoms with E-state index in [4.69, 9.17) is 0 Å². The number of aromatic nitrogens is 3. The van der Waals surface area contributed by atoms with E-state index in [9.17, 15) is 4.79 Å². The highest BCUT2D eigenvalue weighted by Gasteiger charge is 2.09. The van der Waals surface area contributed by atoms with Gasteiger partial charge in [0.2, 0.25) is 0 Å². The Hall–Kier alpha value is -2.37. The fourth-order valence-electron chi connectivity index (χ4n) is 2.54.